The fraction of sp³-hybridized carbons (Fsp3) is 0.100. The third-order valence-corrected chi connectivity index (χ3v) is 1.67. The van der Waals surface area contributed by atoms with Gasteiger partial charge in [-0.05, 0) is 17.7 Å². The molecule has 74 valence electrons. The maximum Gasteiger partial charge on any atom is 0.155 e. The van der Waals surface area contributed by atoms with E-state index in [1.807, 2.05) is 0 Å². The molecule has 0 spiro atoms. The van der Waals surface area contributed by atoms with Crippen LogP contribution in [0, 0.1) is 11.6 Å². The first-order valence-electron chi connectivity index (χ1n) is 4.00. The predicted molar refractivity (Wildman–Crippen MR) is 49.8 cm³/mol. The van der Waals surface area contributed by atoms with Crippen LogP contribution in [-0.4, -0.2) is 12.8 Å². The second kappa shape index (κ2) is 4.62. The number of carbonyl (C=O) groups excluding carboxylic acids is 1. The van der Waals surface area contributed by atoms with Gasteiger partial charge in [0.05, 0.1) is 5.56 Å². The minimum atomic E-state index is -0.864. The molecular formula is C10H9F2NO. The number of hydrogen-bond acceptors (Lipinski definition) is 2. The van der Waals surface area contributed by atoms with Crippen LogP contribution in [0.3, 0.4) is 0 Å². The third kappa shape index (κ3) is 2.23. The van der Waals surface area contributed by atoms with E-state index in [9.17, 15) is 13.6 Å². The van der Waals surface area contributed by atoms with E-state index < -0.39 is 17.2 Å². The predicted octanol–water partition coefficient (Wildman–Crippen LogP) is 1.75. The highest BCUT2D eigenvalue weighted by atomic mass is 19.1. The van der Waals surface area contributed by atoms with E-state index in [0.717, 1.165) is 12.1 Å². The minimum absolute atomic E-state index is 0.154. The van der Waals surface area contributed by atoms with Gasteiger partial charge in [0.2, 0.25) is 0 Å². The molecule has 4 heteroatoms. The van der Waals surface area contributed by atoms with E-state index in [2.05, 4.69) is 0 Å². The molecule has 14 heavy (non-hydrogen) atoms. The van der Waals surface area contributed by atoms with Gasteiger partial charge >= 0.3 is 0 Å². The molecule has 0 aliphatic rings. The van der Waals surface area contributed by atoms with Gasteiger partial charge in [0, 0.05) is 6.54 Å². The monoisotopic (exact) mass is 197 g/mol. The number of rotatable bonds is 3. The summed E-state index contributed by atoms with van der Waals surface area (Å²) < 4.78 is 26.0. The molecule has 0 unspecified atom stereocenters. The molecule has 0 saturated carbocycles. The summed E-state index contributed by atoms with van der Waals surface area (Å²) in [6.07, 6.45) is 3.20. The summed E-state index contributed by atoms with van der Waals surface area (Å²) in [5.41, 5.74) is 4.98. The average Bonchev–Trinajstić information content (AvgIpc) is 2.14. The first kappa shape index (κ1) is 10.5. The Balaban J connectivity index is 3.13. The first-order valence-corrected chi connectivity index (χ1v) is 4.00. The van der Waals surface area contributed by atoms with Crippen LogP contribution in [0.5, 0.6) is 0 Å². The number of halogens is 2. The average molecular weight is 197 g/mol. The van der Waals surface area contributed by atoms with E-state index in [0.29, 0.717) is 12.1 Å². The van der Waals surface area contributed by atoms with Gasteiger partial charge in [-0.3, -0.25) is 4.79 Å². The van der Waals surface area contributed by atoms with Gasteiger partial charge < -0.3 is 5.73 Å². The van der Waals surface area contributed by atoms with Crippen LogP contribution in [0.15, 0.2) is 18.2 Å². The van der Waals surface area contributed by atoms with Crippen molar-refractivity contribution in [3.05, 3.63) is 41.0 Å². The van der Waals surface area contributed by atoms with E-state index in [1.54, 1.807) is 6.08 Å². The smallest absolute Gasteiger partial charge is 0.155 e. The molecule has 0 aromatic heterocycles. The van der Waals surface area contributed by atoms with Gasteiger partial charge in [-0.2, -0.15) is 0 Å². The Bertz CT molecular complexity index is 351. The molecule has 0 fully saturated rings. The highest BCUT2D eigenvalue weighted by Crippen LogP contribution is 2.14. The largest absolute Gasteiger partial charge is 0.327 e. The number of nitrogens with two attached hydrogens (primary N) is 1. The molecule has 1 aromatic rings. The Morgan fingerprint density at radius 3 is 2.29 bits per heavy atom. The standard InChI is InChI=1S/C10H9F2NO/c11-9-4-7(2-1-3-13)5-10(12)8(9)6-14/h1-2,4-6H,3,13H2. The van der Waals surface area contributed by atoms with Crippen molar-refractivity contribution < 1.29 is 13.6 Å². The Morgan fingerprint density at radius 2 is 1.86 bits per heavy atom. The second-order valence-corrected chi connectivity index (χ2v) is 2.65. The van der Waals surface area contributed by atoms with Crippen molar-refractivity contribution in [3.63, 3.8) is 0 Å². The van der Waals surface area contributed by atoms with Crippen LogP contribution in [-0.2, 0) is 0 Å². The normalized spacial score (nSPS) is 10.8. The van der Waals surface area contributed by atoms with Crippen molar-refractivity contribution in [2.75, 3.05) is 6.54 Å². The Kier molecular flexibility index (Phi) is 3.48. The minimum Gasteiger partial charge on any atom is -0.327 e. The number of aldehydes is 1. The summed E-state index contributed by atoms with van der Waals surface area (Å²) in [6, 6.07) is 2.16. The SMILES string of the molecule is NCC=Cc1cc(F)c(C=O)c(F)c1. The van der Waals surface area contributed by atoms with Crippen LogP contribution in [0.2, 0.25) is 0 Å². The van der Waals surface area contributed by atoms with E-state index in [4.69, 9.17) is 5.73 Å². The van der Waals surface area contributed by atoms with Gasteiger partial charge in [-0.1, -0.05) is 12.2 Å². The Hall–Kier alpha value is -1.55. The van der Waals surface area contributed by atoms with Crippen molar-refractivity contribution in [1.82, 2.24) is 0 Å². The zero-order valence-corrected chi connectivity index (χ0v) is 7.34. The lowest BCUT2D eigenvalue weighted by Gasteiger charge is -1.99. The molecule has 0 atom stereocenters. The topological polar surface area (TPSA) is 43.1 Å². The molecule has 0 heterocycles. The van der Waals surface area contributed by atoms with Gasteiger partial charge in [0.1, 0.15) is 11.6 Å². The Labute approximate surface area is 80.0 Å². The summed E-state index contributed by atoms with van der Waals surface area (Å²) in [6.45, 7) is 0.290. The lowest BCUT2D eigenvalue weighted by atomic mass is 10.1. The van der Waals surface area contributed by atoms with Gasteiger partial charge in [0.25, 0.3) is 0 Å². The fourth-order valence-electron chi connectivity index (χ4n) is 1.02. The molecule has 0 radical (unpaired) electrons. The lowest BCUT2D eigenvalue weighted by Crippen LogP contribution is -1.95. The Morgan fingerprint density at radius 1 is 1.29 bits per heavy atom. The van der Waals surface area contributed by atoms with Crippen LogP contribution >= 0.6 is 0 Å². The number of carbonyl (C=O) groups is 1. The lowest BCUT2D eigenvalue weighted by molar-refractivity contribution is 0.111. The molecule has 1 rings (SSSR count). The highest BCUT2D eigenvalue weighted by Gasteiger charge is 2.08. The van der Waals surface area contributed by atoms with Crippen LogP contribution in [0.1, 0.15) is 15.9 Å². The van der Waals surface area contributed by atoms with Crippen LogP contribution in [0.25, 0.3) is 6.08 Å². The van der Waals surface area contributed by atoms with Gasteiger partial charge in [0.15, 0.2) is 6.29 Å². The zero-order valence-electron chi connectivity index (χ0n) is 7.34. The third-order valence-electron chi connectivity index (χ3n) is 1.67. The van der Waals surface area contributed by atoms with E-state index >= 15 is 0 Å². The van der Waals surface area contributed by atoms with E-state index in [1.165, 1.54) is 6.08 Å². The van der Waals surface area contributed by atoms with Crippen molar-refractivity contribution in [2.45, 2.75) is 0 Å². The summed E-state index contributed by atoms with van der Waals surface area (Å²) in [4.78, 5) is 10.3. The molecule has 0 amide bonds. The molecule has 0 saturated heterocycles. The fourth-order valence-corrected chi connectivity index (χ4v) is 1.02. The highest BCUT2D eigenvalue weighted by molar-refractivity contribution is 5.76. The molecule has 0 aliphatic heterocycles. The zero-order chi connectivity index (χ0) is 10.6. The maximum atomic E-state index is 13.0. The van der Waals surface area contributed by atoms with Crippen LogP contribution in [0.4, 0.5) is 8.78 Å². The van der Waals surface area contributed by atoms with Crippen molar-refractivity contribution in [1.29, 1.82) is 0 Å². The van der Waals surface area contributed by atoms with Crippen molar-refractivity contribution in [2.24, 2.45) is 5.73 Å². The number of benzene rings is 1. The van der Waals surface area contributed by atoms with Gasteiger partial charge in [-0.25, -0.2) is 8.78 Å². The van der Waals surface area contributed by atoms with Gasteiger partial charge in [-0.15, -0.1) is 0 Å². The maximum absolute atomic E-state index is 13.0. The molecule has 2 nitrogen and oxygen atoms in total. The van der Waals surface area contributed by atoms with Crippen molar-refractivity contribution >= 4 is 12.4 Å². The van der Waals surface area contributed by atoms with Crippen LogP contribution < -0.4 is 5.73 Å². The molecule has 1 aromatic carbocycles. The molecule has 0 bridgehead atoms. The second-order valence-electron chi connectivity index (χ2n) is 2.65. The number of hydrogen-bond donors (Lipinski definition) is 1. The molecular weight excluding hydrogens is 188 g/mol. The van der Waals surface area contributed by atoms with E-state index in [-0.39, 0.29) is 6.29 Å². The quantitative estimate of drug-likeness (QED) is 0.750. The summed E-state index contributed by atoms with van der Waals surface area (Å²) in [5, 5.41) is 0. The summed E-state index contributed by atoms with van der Waals surface area (Å²) >= 11 is 0. The molecule has 0 aliphatic carbocycles. The summed E-state index contributed by atoms with van der Waals surface area (Å²) in [7, 11) is 0. The summed E-state index contributed by atoms with van der Waals surface area (Å²) in [5.74, 6) is -1.73. The first-order chi connectivity index (χ1) is 6.69. The van der Waals surface area contributed by atoms with Crippen molar-refractivity contribution in [3.8, 4) is 0 Å². The molecule has 2 N–H and O–H groups in total.